The standard InChI is InChI=1S/C17H32N4O5/c1-10(2)9-14(17(25)26)21-15(23)11(3)19-16(24)13(20-12(4)22)7-5-6-8-18/h10-11,13-14H,5-9,18H2,1-4H3,(H,19,24)(H,20,22)(H,21,23)(H,25,26)/t11-,13-,14-/m0/s1. The Balaban J connectivity index is 4.77. The van der Waals surface area contributed by atoms with Crippen LogP contribution in [-0.2, 0) is 19.2 Å². The van der Waals surface area contributed by atoms with Crippen LogP contribution >= 0.6 is 0 Å². The van der Waals surface area contributed by atoms with Crippen LogP contribution in [0.25, 0.3) is 0 Å². The molecule has 3 atom stereocenters. The molecule has 6 N–H and O–H groups in total. The Kier molecular flexibility index (Phi) is 11.2. The molecule has 0 saturated carbocycles. The van der Waals surface area contributed by atoms with Gasteiger partial charge in [0.05, 0.1) is 0 Å². The fraction of sp³-hybridized carbons (Fsp3) is 0.765. The van der Waals surface area contributed by atoms with Gasteiger partial charge in [-0.25, -0.2) is 4.79 Å². The van der Waals surface area contributed by atoms with Crippen molar-refractivity contribution in [1.29, 1.82) is 0 Å². The minimum absolute atomic E-state index is 0.0907. The van der Waals surface area contributed by atoms with Gasteiger partial charge in [-0.3, -0.25) is 14.4 Å². The number of carbonyl (C=O) groups excluding carboxylic acids is 3. The van der Waals surface area contributed by atoms with E-state index >= 15 is 0 Å². The molecule has 0 spiro atoms. The molecule has 0 aliphatic rings. The van der Waals surface area contributed by atoms with E-state index in [9.17, 15) is 24.3 Å². The number of unbranched alkanes of at least 4 members (excludes halogenated alkanes) is 1. The molecular formula is C17H32N4O5. The number of rotatable bonds is 12. The molecule has 3 amide bonds. The lowest BCUT2D eigenvalue weighted by Crippen LogP contribution is -2.54. The summed E-state index contributed by atoms with van der Waals surface area (Å²) in [6.07, 6.45) is 2.07. The van der Waals surface area contributed by atoms with E-state index in [1.807, 2.05) is 13.8 Å². The highest BCUT2D eigenvalue weighted by Gasteiger charge is 2.26. The largest absolute Gasteiger partial charge is 0.480 e. The van der Waals surface area contributed by atoms with E-state index in [0.29, 0.717) is 19.4 Å². The third-order valence-corrected chi connectivity index (χ3v) is 3.71. The van der Waals surface area contributed by atoms with Crippen LogP contribution in [0.1, 0.15) is 53.4 Å². The number of carboxylic acid groups (broad SMARTS) is 1. The van der Waals surface area contributed by atoms with Crippen LogP contribution in [0.4, 0.5) is 0 Å². The second kappa shape index (κ2) is 12.2. The molecule has 0 bridgehead atoms. The van der Waals surface area contributed by atoms with Crippen LogP contribution in [0.5, 0.6) is 0 Å². The van der Waals surface area contributed by atoms with Crippen molar-refractivity contribution in [2.45, 2.75) is 71.5 Å². The molecule has 0 aliphatic carbocycles. The predicted molar refractivity (Wildman–Crippen MR) is 97.1 cm³/mol. The van der Waals surface area contributed by atoms with Crippen molar-refractivity contribution >= 4 is 23.7 Å². The van der Waals surface area contributed by atoms with Crippen molar-refractivity contribution in [2.75, 3.05) is 6.54 Å². The van der Waals surface area contributed by atoms with E-state index in [2.05, 4.69) is 16.0 Å². The van der Waals surface area contributed by atoms with E-state index in [4.69, 9.17) is 5.73 Å². The molecule has 9 nitrogen and oxygen atoms in total. The summed E-state index contributed by atoms with van der Waals surface area (Å²) in [4.78, 5) is 47.0. The Labute approximate surface area is 154 Å². The first-order valence-electron chi connectivity index (χ1n) is 8.89. The van der Waals surface area contributed by atoms with Gasteiger partial charge in [0.15, 0.2) is 0 Å². The highest BCUT2D eigenvalue weighted by atomic mass is 16.4. The minimum Gasteiger partial charge on any atom is -0.480 e. The van der Waals surface area contributed by atoms with Crippen molar-refractivity contribution < 1.29 is 24.3 Å². The van der Waals surface area contributed by atoms with Gasteiger partial charge in [0, 0.05) is 6.92 Å². The van der Waals surface area contributed by atoms with Crippen LogP contribution < -0.4 is 21.7 Å². The average Bonchev–Trinajstić information content (AvgIpc) is 2.52. The molecule has 0 saturated heterocycles. The molecule has 0 rings (SSSR count). The number of aliphatic carboxylic acids is 1. The second-order valence-corrected chi connectivity index (χ2v) is 6.80. The average molecular weight is 372 g/mol. The van der Waals surface area contributed by atoms with Gasteiger partial charge in [-0.15, -0.1) is 0 Å². The summed E-state index contributed by atoms with van der Waals surface area (Å²) in [6.45, 7) is 6.97. The quantitative estimate of drug-likeness (QED) is 0.298. The molecule has 0 aromatic heterocycles. The smallest absolute Gasteiger partial charge is 0.326 e. The Bertz CT molecular complexity index is 496. The number of nitrogens with two attached hydrogens (primary N) is 1. The fourth-order valence-corrected chi connectivity index (χ4v) is 2.38. The van der Waals surface area contributed by atoms with E-state index in [-0.39, 0.29) is 18.2 Å². The first-order chi connectivity index (χ1) is 12.1. The van der Waals surface area contributed by atoms with Crippen molar-refractivity contribution in [2.24, 2.45) is 11.7 Å². The van der Waals surface area contributed by atoms with Gasteiger partial charge >= 0.3 is 5.97 Å². The predicted octanol–water partition coefficient (Wildman–Crippen LogP) is -0.260. The van der Waals surface area contributed by atoms with Gasteiger partial charge in [-0.05, 0) is 45.1 Å². The Hall–Kier alpha value is -2.16. The molecule has 26 heavy (non-hydrogen) atoms. The molecule has 0 radical (unpaired) electrons. The summed E-state index contributed by atoms with van der Waals surface area (Å²) in [7, 11) is 0. The zero-order valence-corrected chi connectivity index (χ0v) is 16.0. The van der Waals surface area contributed by atoms with Gasteiger partial charge in [-0.2, -0.15) is 0 Å². The highest BCUT2D eigenvalue weighted by molar-refractivity contribution is 5.92. The van der Waals surface area contributed by atoms with Crippen LogP contribution in [-0.4, -0.2) is 53.5 Å². The molecule has 0 aromatic rings. The molecule has 0 fully saturated rings. The molecule has 0 heterocycles. The summed E-state index contributed by atoms with van der Waals surface area (Å²) in [5, 5.41) is 16.7. The first-order valence-corrected chi connectivity index (χ1v) is 8.89. The van der Waals surface area contributed by atoms with Gasteiger partial charge in [-0.1, -0.05) is 13.8 Å². The van der Waals surface area contributed by atoms with Crippen molar-refractivity contribution in [3.8, 4) is 0 Å². The first kappa shape index (κ1) is 23.8. The molecule has 0 unspecified atom stereocenters. The summed E-state index contributed by atoms with van der Waals surface area (Å²) in [5.41, 5.74) is 5.43. The van der Waals surface area contributed by atoms with Gasteiger partial charge in [0.25, 0.3) is 0 Å². The summed E-state index contributed by atoms with van der Waals surface area (Å²) < 4.78 is 0. The number of nitrogens with one attached hydrogen (secondary N) is 3. The third kappa shape index (κ3) is 9.97. The Morgan fingerprint density at radius 1 is 0.923 bits per heavy atom. The maximum atomic E-state index is 12.3. The SMILES string of the molecule is CC(=O)N[C@@H](CCCCN)C(=O)N[C@@H](C)C(=O)N[C@@H](CC(C)C)C(=O)O. The summed E-state index contributed by atoms with van der Waals surface area (Å²) in [6, 6.07) is -2.71. The third-order valence-electron chi connectivity index (χ3n) is 3.71. The lowest BCUT2D eigenvalue weighted by molar-refractivity contribution is -0.142. The lowest BCUT2D eigenvalue weighted by Gasteiger charge is -2.22. The lowest BCUT2D eigenvalue weighted by atomic mass is 10.0. The van der Waals surface area contributed by atoms with Gasteiger partial charge in [0.1, 0.15) is 18.1 Å². The zero-order valence-electron chi connectivity index (χ0n) is 16.0. The maximum absolute atomic E-state index is 12.3. The summed E-state index contributed by atoms with van der Waals surface area (Å²) in [5.74, 6) is -2.46. The van der Waals surface area contributed by atoms with E-state index in [1.54, 1.807) is 0 Å². The molecule has 150 valence electrons. The molecule has 0 aromatic carbocycles. The van der Waals surface area contributed by atoms with Crippen LogP contribution in [0.15, 0.2) is 0 Å². The number of carboxylic acids is 1. The number of hydrogen-bond donors (Lipinski definition) is 5. The molecule has 0 aliphatic heterocycles. The van der Waals surface area contributed by atoms with Crippen molar-refractivity contribution in [3.05, 3.63) is 0 Å². The highest BCUT2D eigenvalue weighted by Crippen LogP contribution is 2.06. The fourth-order valence-electron chi connectivity index (χ4n) is 2.38. The van der Waals surface area contributed by atoms with Crippen LogP contribution in [0.3, 0.4) is 0 Å². The maximum Gasteiger partial charge on any atom is 0.326 e. The number of amides is 3. The van der Waals surface area contributed by atoms with Crippen LogP contribution in [0, 0.1) is 5.92 Å². The van der Waals surface area contributed by atoms with Gasteiger partial charge < -0.3 is 26.8 Å². The van der Waals surface area contributed by atoms with E-state index in [0.717, 1.165) is 6.42 Å². The minimum atomic E-state index is -1.12. The normalized spacial score (nSPS) is 14.2. The van der Waals surface area contributed by atoms with E-state index < -0.39 is 35.9 Å². The number of hydrogen-bond acceptors (Lipinski definition) is 5. The Morgan fingerprint density at radius 3 is 2.00 bits per heavy atom. The zero-order chi connectivity index (χ0) is 20.3. The van der Waals surface area contributed by atoms with Crippen LogP contribution in [0.2, 0.25) is 0 Å². The van der Waals surface area contributed by atoms with Crippen molar-refractivity contribution in [3.63, 3.8) is 0 Å². The summed E-state index contributed by atoms with van der Waals surface area (Å²) >= 11 is 0. The van der Waals surface area contributed by atoms with Crippen molar-refractivity contribution in [1.82, 2.24) is 16.0 Å². The molecular weight excluding hydrogens is 340 g/mol. The Morgan fingerprint density at radius 2 is 1.54 bits per heavy atom. The number of carbonyl (C=O) groups is 4. The molecule has 9 heteroatoms. The van der Waals surface area contributed by atoms with E-state index in [1.165, 1.54) is 13.8 Å². The second-order valence-electron chi connectivity index (χ2n) is 6.80. The topological polar surface area (TPSA) is 151 Å². The monoisotopic (exact) mass is 372 g/mol. The van der Waals surface area contributed by atoms with Gasteiger partial charge in [0.2, 0.25) is 17.7 Å².